The molecule has 2 aromatic heterocycles. The van der Waals surface area contributed by atoms with Crippen LogP contribution in [0.4, 0.5) is 5.69 Å². The first-order valence-corrected chi connectivity index (χ1v) is 11.8. The zero-order chi connectivity index (χ0) is 23.3. The molecule has 35 heavy (non-hydrogen) atoms. The Morgan fingerprint density at radius 3 is 2.43 bits per heavy atom. The maximum Gasteiger partial charge on any atom is 0.257 e. The lowest BCUT2D eigenvalue weighted by Gasteiger charge is -2.30. The van der Waals surface area contributed by atoms with Crippen LogP contribution in [0.2, 0.25) is 5.15 Å². The van der Waals surface area contributed by atoms with Gasteiger partial charge in [0.05, 0.1) is 5.52 Å². The molecule has 4 aromatic rings. The van der Waals surface area contributed by atoms with E-state index >= 15 is 0 Å². The summed E-state index contributed by atoms with van der Waals surface area (Å²) in [6.07, 6.45) is 5.28. The van der Waals surface area contributed by atoms with Crippen molar-refractivity contribution >= 4 is 46.5 Å². The number of para-hydroxylation sites is 2. The molecule has 180 valence electrons. The number of hydrogen-bond acceptors (Lipinski definition) is 5. The zero-order valence-corrected chi connectivity index (χ0v) is 20.6. The maximum absolute atomic E-state index is 13.0. The molecule has 5 rings (SSSR count). The normalized spacial score (nSPS) is 17.3. The van der Waals surface area contributed by atoms with Gasteiger partial charge in [-0.15, -0.1) is 12.4 Å². The molecular weight excluding hydrogens is 483 g/mol. The fourth-order valence-electron chi connectivity index (χ4n) is 4.37. The molecule has 1 saturated carbocycles. The van der Waals surface area contributed by atoms with Crippen LogP contribution >= 0.6 is 24.0 Å². The first kappa shape index (κ1) is 24.8. The van der Waals surface area contributed by atoms with Gasteiger partial charge in [-0.1, -0.05) is 48.0 Å². The van der Waals surface area contributed by atoms with Gasteiger partial charge in [0.25, 0.3) is 5.91 Å². The molecule has 1 fully saturated rings. The van der Waals surface area contributed by atoms with Crippen molar-refractivity contribution in [2.45, 2.75) is 37.8 Å². The number of nitrogens with zero attached hydrogens (tertiary/aromatic N) is 2. The van der Waals surface area contributed by atoms with Gasteiger partial charge in [-0.3, -0.25) is 4.79 Å². The number of amides is 1. The third kappa shape index (κ3) is 6.02. The van der Waals surface area contributed by atoms with Gasteiger partial charge < -0.3 is 15.4 Å². The number of fused-ring (bicyclic) bond motifs is 1. The highest BCUT2D eigenvalue weighted by Gasteiger charge is 2.24. The van der Waals surface area contributed by atoms with E-state index in [4.69, 9.17) is 16.3 Å². The van der Waals surface area contributed by atoms with Gasteiger partial charge >= 0.3 is 0 Å². The van der Waals surface area contributed by atoms with Crippen LogP contribution in [-0.4, -0.2) is 28.0 Å². The summed E-state index contributed by atoms with van der Waals surface area (Å²) in [4.78, 5) is 21.7. The van der Waals surface area contributed by atoms with Crippen molar-refractivity contribution in [1.29, 1.82) is 0 Å². The molecule has 1 aliphatic carbocycles. The third-order valence-electron chi connectivity index (χ3n) is 6.08. The van der Waals surface area contributed by atoms with Gasteiger partial charge in [-0.2, -0.15) is 0 Å². The number of carbonyl (C=O) groups is 1. The van der Waals surface area contributed by atoms with Gasteiger partial charge in [0.15, 0.2) is 0 Å². The second kappa shape index (κ2) is 11.4. The summed E-state index contributed by atoms with van der Waals surface area (Å²) < 4.78 is 5.85. The van der Waals surface area contributed by atoms with E-state index in [0.717, 1.165) is 42.3 Å². The van der Waals surface area contributed by atoms with Gasteiger partial charge in [0, 0.05) is 29.4 Å². The van der Waals surface area contributed by atoms with Gasteiger partial charge in [-0.05, 0) is 62.1 Å². The van der Waals surface area contributed by atoms with Crippen LogP contribution in [0.15, 0.2) is 79.0 Å². The molecule has 1 aliphatic rings. The highest BCUT2D eigenvalue weighted by atomic mass is 35.5. The highest BCUT2D eigenvalue weighted by molar-refractivity contribution is 6.30. The number of nitrogens with one attached hydrogen (secondary N) is 2. The minimum atomic E-state index is -0.164. The lowest BCUT2D eigenvalue weighted by atomic mass is 9.90. The summed E-state index contributed by atoms with van der Waals surface area (Å²) >= 11 is 6.23. The first-order valence-electron chi connectivity index (χ1n) is 11.5. The quantitative estimate of drug-likeness (QED) is 0.285. The van der Waals surface area contributed by atoms with Crippen LogP contribution in [0.1, 0.15) is 36.0 Å². The summed E-state index contributed by atoms with van der Waals surface area (Å²) in [5.74, 6) is 0.788. The molecule has 0 saturated heterocycles. The number of rotatable bonds is 6. The third-order valence-corrected chi connectivity index (χ3v) is 6.27. The van der Waals surface area contributed by atoms with E-state index in [1.54, 1.807) is 18.3 Å². The van der Waals surface area contributed by atoms with Crippen molar-refractivity contribution in [3.05, 3.63) is 89.7 Å². The second-order valence-corrected chi connectivity index (χ2v) is 8.83. The summed E-state index contributed by atoms with van der Waals surface area (Å²) in [6, 6.07) is 23.1. The van der Waals surface area contributed by atoms with E-state index < -0.39 is 0 Å². The lowest BCUT2D eigenvalue weighted by molar-refractivity contribution is 0.0923. The standard InChI is InChI=1S/C27H25ClN4O2.ClH/c28-25-17-24(21-9-4-5-11-23(21)32-25)30-18-12-14-19(15-13-18)31-26(33)22-10-6-16-29-27(22)34-20-7-2-1-3-8-20;/h1-11,16-19H,12-15H2,(H,30,32)(H,31,33);1H. The number of aromatic nitrogens is 2. The lowest BCUT2D eigenvalue weighted by Crippen LogP contribution is -2.40. The SMILES string of the molecule is Cl.O=C(NC1CCC(Nc2cc(Cl)nc3ccccc23)CC1)c1cccnc1Oc1ccccc1. The zero-order valence-electron chi connectivity index (χ0n) is 19.0. The molecule has 2 N–H and O–H groups in total. The average molecular weight is 509 g/mol. The van der Waals surface area contributed by atoms with E-state index in [1.165, 1.54) is 0 Å². The summed E-state index contributed by atoms with van der Waals surface area (Å²) in [6.45, 7) is 0. The summed E-state index contributed by atoms with van der Waals surface area (Å²) in [5, 5.41) is 8.35. The van der Waals surface area contributed by atoms with Crippen molar-refractivity contribution in [1.82, 2.24) is 15.3 Å². The van der Waals surface area contributed by atoms with E-state index in [1.807, 2.05) is 54.6 Å². The average Bonchev–Trinajstić information content (AvgIpc) is 2.86. The largest absolute Gasteiger partial charge is 0.438 e. The number of anilines is 1. The van der Waals surface area contributed by atoms with Gasteiger partial charge in [0.2, 0.25) is 5.88 Å². The molecule has 2 aromatic carbocycles. The molecule has 2 heterocycles. The predicted octanol–water partition coefficient (Wildman–Crippen LogP) is 6.65. The number of halogens is 2. The van der Waals surface area contributed by atoms with Gasteiger partial charge in [0.1, 0.15) is 16.5 Å². The number of carbonyl (C=O) groups excluding carboxylic acids is 1. The molecular formula is C27H26Cl2N4O2. The van der Waals surface area contributed by atoms with Crippen molar-refractivity contribution < 1.29 is 9.53 Å². The fraction of sp³-hybridized carbons (Fsp3) is 0.222. The van der Waals surface area contributed by atoms with Crippen LogP contribution in [0, 0.1) is 0 Å². The highest BCUT2D eigenvalue weighted by Crippen LogP contribution is 2.29. The molecule has 6 nitrogen and oxygen atoms in total. The molecule has 0 atom stereocenters. The minimum Gasteiger partial charge on any atom is -0.438 e. The topological polar surface area (TPSA) is 76.1 Å². The number of pyridine rings is 2. The maximum atomic E-state index is 13.0. The molecule has 8 heteroatoms. The van der Waals surface area contributed by atoms with Crippen molar-refractivity contribution in [3.8, 4) is 11.6 Å². The van der Waals surface area contributed by atoms with Crippen molar-refractivity contribution in [3.63, 3.8) is 0 Å². The number of benzene rings is 2. The number of hydrogen-bond donors (Lipinski definition) is 2. The summed E-state index contributed by atoms with van der Waals surface area (Å²) in [7, 11) is 0. The molecule has 0 spiro atoms. The Morgan fingerprint density at radius 2 is 1.63 bits per heavy atom. The molecule has 1 amide bonds. The van der Waals surface area contributed by atoms with Crippen LogP contribution in [-0.2, 0) is 0 Å². The molecule has 0 bridgehead atoms. The smallest absolute Gasteiger partial charge is 0.257 e. The van der Waals surface area contributed by atoms with E-state index in [9.17, 15) is 4.79 Å². The Morgan fingerprint density at radius 1 is 0.914 bits per heavy atom. The van der Waals surface area contributed by atoms with Crippen LogP contribution in [0.25, 0.3) is 10.9 Å². The minimum absolute atomic E-state index is 0. The summed E-state index contributed by atoms with van der Waals surface area (Å²) in [5.41, 5.74) is 2.31. The fourth-order valence-corrected chi connectivity index (χ4v) is 4.57. The van der Waals surface area contributed by atoms with Gasteiger partial charge in [-0.25, -0.2) is 9.97 Å². The Hall–Kier alpha value is -3.35. The van der Waals surface area contributed by atoms with E-state index in [-0.39, 0.29) is 24.4 Å². The van der Waals surface area contributed by atoms with E-state index in [2.05, 4.69) is 26.7 Å². The van der Waals surface area contributed by atoms with Crippen molar-refractivity contribution in [2.75, 3.05) is 5.32 Å². The van der Waals surface area contributed by atoms with Crippen LogP contribution in [0.3, 0.4) is 0 Å². The Labute approximate surface area is 215 Å². The predicted molar refractivity (Wildman–Crippen MR) is 142 cm³/mol. The number of ether oxygens (including phenoxy) is 1. The van der Waals surface area contributed by atoms with Crippen molar-refractivity contribution in [2.24, 2.45) is 0 Å². The Balaban J connectivity index is 0.00000289. The second-order valence-electron chi connectivity index (χ2n) is 8.45. The Kier molecular flexibility index (Phi) is 8.06. The van der Waals surface area contributed by atoms with Crippen LogP contribution in [0.5, 0.6) is 11.6 Å². The Bertz CT molecular complexity index is 1290. The first-order chi connectivity index (χ1) is 16.7. The molecule has 0 aliphatic heterocycles. The van der Waals surface area contributed by atoms with Crippen LogP contribution < -0.4 is 15.4 Å². The molecule has 0 radical (unpaired) electrons. The molecule has 0 unspecified atom stereocenters. The van der Waals surface area contributed by atoms with E-state index in [0.29, 0.717) is 28.4 Å². The monoisotopic (exact) mass is 508 g/mol.